The van der Waals surface area contributed by atoms with Gasteiger partial charge in [0.2, 0.25) is 17.7 Å². The first-order chi connectivity index (χ1) is 15.0. The largest absolute Gasteiger partial charge is 0.480 e. The maximum Gasteiger partial charge on any atom is 0.407 e. The first-order valence-electron chi connectivity index (χ1n) is 11.1. The quantitative estimate of drug-likeness (QED) is 0.393. The van der Waals surface area contributed by atoms with Crippen molar-refractivity contribution in [3.8, 4) is 0 Å². The van der Waals surface area contributed by atoms with E-state index < -0.39 is 41.9 Å². The summed E-state index contributed by atoms with van der Waals surface area (Å²) in [4.78, 5) is 48.3. The Kier molecular flexibility index (Phi) is 9.21. The van der Waals surface area contributed by atoms with Gasteiger partial charge in [-0.05, 0) is 43.9 Å². The van der Waals surface area contributed by atoms with Gasteiger partial charge in [0.15, 0.2) is 0 Å². The number of rotatable bonds is 10. The Hall–Kier alpha value is -2.46. The number of alkyl halides is 2. The monoisotopic (exact) mass is 461 g/mol. The van der Waals surface area contributed by atoms with Crippen LogP contribution < -0.4 is 16.0 Å². The van der Waals surface area contributed by atoms with Crippen LogP contribution in [0.25, 0.3) is 0 Å². The Morgan fingerprint density at radius 1 is 1.16 bits per heavy atom. The van der Waals surface area contributed by atoms with E-state index in [-0.39, 0.29) is 62.9 Å². The second-order valence-electron chi connectivity index (χ2n) is 9.14. The molecule has 0 bridgehead atoms. The number of carboxylic acid groups (broad SMARTS) is 1. The van der Waals surface area contributed by atoms with E-state index in [0.29, 0.717) is 13.0 Å². The number of halogens is 2. The molecule has 1 aliphatic heterocycles. The number of hydrogen-bond acceptors (Lipinski definition) is 5. The van der Waals surface area contributed by atoms with Crippen LogP contribution in [-0.4, -0.2) is 60.1 Å². The lowest BCUT2D eigenvalue weighted by molar-refractivity contribution is -0.143. The van der Waals surface area contributed by atoms with E-state index in [2.05, 4.69) is 16.0 Å². The third-order valence-electron chi connectivity index (χ3n) is 5.90. The van der Waals surface area contributed by atoms with Crippen molar-refractivity contribution in [2.75, 3.05) is 13.2 Å². The number of ether oxygens (including phenoxy) is 1. The Morgan fingerprint density at radius 3 is 2.34 bits per heavy atom. The number of carbonyl (C=O) groups is 4. The predicted octanol–water partition coefficient (Wildman–Crippen LogP) is 2.05. The average Bonchev–Trinajstić information content (AvgIpc) is 3.10. The van der Waals surface area contributed by atoms with Gasteiger partial charge in [0.25, 0.3) is 0 Å². The van der Waals surface area contributed by atoms with Crippen LogP contribution in [0.2, 0.25) is 0 Å². The number of carboxylic acids is 1. The molecule has 1 heterocycles. The fraction of sp³-hybridized carbons (Fsp3) is 0.810. The van der Waals surface area contributed by atoms with Gasteiger partial charge < -0.3 is 25.8 Å². The van der Waals surface area contributed by atoms with Crippen LogP contribution in [-0.2, 0) is 19.1 Å². The van der Waals surface area contributed by atoms with Gasteiger partial charge in [-0.15, -0.1) is 0 Å². The van der Waals surface area contributed by atoms with E-state index in [1.54, 1.807) is 0 Å². The predicted molar refractivity (Wildman–Crippen MR) is 110 cm³/mol. The highest BCUT2D eigenvalue weighted by Gasteiger charge is 2.36. The Bertz CT molecular complexity index is 693. The highest BCUT2D eigenvalue weighted by Crippen LogP contribution is 2.36. The number of alkyl carbamates (subject to hydrolysis) is 1. The lowest BCUT2D eigenvalue weighted by Gasteiger charge is -2.28. The summed E-state index contributed by atoms with van der Waals surface area (Å²) in [7, 11) is 0. The van der Waals surface area contributed by atoms with Crippen molar-refractivity contribution in [3.05, 3.63) is 0 Å². The molecule has 2 rings (SSSR count). The standard InChI is InChI=1S/C21H33F2N3O6/c1-12(2)9-15(26-20(31)32-11-13-3-6-21(22,23)7-4-13)18(28)25-16(19(29)30)10-14-5-8-24-17(14)27/h12-16H,3-11H2,1-2H3,(H,24,27)(H,25,28)(H,26,31)(H,29,30)/t14-,15-,16-/m0/s1. The van der Waals surface area contributed by atoms with Gasteiger partial charge >= 0.3 is 12.1 Å². The molecule has 4 N–H and O–H groups in total. The molecule has 2 aliphatic rings. The molecule has 9 nitrogen and oxygen atoms in total. The molecule has 182 valence electrons. The molecule has 0 unspecified atom stereocenters. The summed E-state index contributed by atoms with van der Waals surface area (Å²) in [6.45, 7) is 4.12. The normalized spacial score (nSPS) is 22.7. The van der Waals surface area contributed by atoms with Crippen LogP contribution >= 0.6 is 0 Å². The molecule has 0 radical (unpaired) electrons. The zero-order valence-electron chi connectivity index (χ0n) is 18.5. The van der Waals surface area contributed by atoms with E-state index in [4.69, 9.17) is 4.74 Å². The van der Waals surface area contributed by atoms with Crippen molar-refractivity contribution in [2.24, 2.45) is 17.8 Å². The molecule has 1 saturated carbocycles. The van der Waals surface area contributed by atoms with Gasteiger partial charge in [-0.3, -0.25) is 9.59 Å². The minimum Gasteiger partial charge on any atom is -0.480 e. The van der Waals surface area contributed by atoms with E-state index in [0.717, 1.165) is 0 Å². The molecule has 3 amide bonds. The second kappa shape index (κ2) is 11.4. The van der Waals surface area contributed by atoms with Gasteiger partial charge in [-0.2, -0.15) is 0 Å². The smallest absolute Gasteiger partial charge is 0.407 e. The molecule has 0 aromatic heterocycles. The molecule has 2 fully saturated rings. The minimum atomic E-state index is -2.67. The van der Waals surface area contributed by atoms with Crippen molar-refractivity contribution in [1.82, 2.24) is 16.0 Å². The number of carbonyl (C=O) groups excluding carboxylic acids is 3. The number of hydrogen-bond donors (Lipinski definition) is 4. The van der Waals surface area contributed by atoms with Crippen molar-refractivity contribution < 1.29 is 37.8 Å². The van der Waals surface area contributed by atoms with Crippen LogP contribution in [0.1, 0.15) is 58.8 Å². The fourth-order valence-electron chi connectivity index (χ4n) is 4.00. The van der Waals surface area contributed by atoms with Gasteiger partial charge in [0.1, 0.15) is 12.1 Å². The fourth-order valence-corrected chi connectivity index (χ4v) is 4.00. The van der Waals surface area contributed by atoms with Crippen molar-refractivity contribution >= 4 is 23.9 Å². The van der Waals surface area contributed by atoms with Crippen LogP contribution in [0.3, 0.4) is 0 Å². The Labute approximate surface area is 186 Å². The van der Waals surface area contributed by atoms with Gasteiger partial charge in [0.05, 0.1) is 6.61 Å². The van der Waals surface area contributed by atoms with Gasteiger partial charge in [0, 0.05) is 25.3 Å². The van der Waals surface area contributed by atoms with Crippen LogP contribution in [0.4, 0.5) is 13.6 Å². The van der Waals surface area contributed by atoms with E-state index in [9.17, 15) is 33.1 Å². The van der Waals surface area contributed by atoms with Crippen molar-refractivity contribution in [3.63, 3.8) is 0 Å². The van der Waals surface area contributed by atoms with Crippen molar-refractivity contribution in [2.45, 2.75) is 76.8 Å². The molecule has 32 heavy (non-hydrogen) atoms. The summed E-state index contributed by atoms with van der Waals surface area (Å²) in [6.07, 6.45) is -0.134. The highest BCUT2D eigenvalue weighted by atomic mass is 19.3. The van der Waals surface area contributed by atoms with Crippen LogP contribution in [0.5, 0.6) is 0 Å². The molecule has 11 heteroatoms. The molecular formula is C21H33F2N3O6. The SMILES string of the molecule is CC(C)C[C@H](NC(=O)OCC1CCC(F)(F)CC1)C(=O)N[C@@H](C[C@@H]1CCNC1=O)C(=O)O. The molecule has 1 aliphatic carbocycles. The number of amides is 3. The third-order valence-corrected chi connectivity index (χ3v) is 5.90. The van der Waals surface area contributed by atoms with E-state index >= 15 is 0 Å². The van der Waals surface area contributed by atoms with E-state index in [1.807, 2.05) is 13.8 Å². The lowest BCUT2D eigenvalue weighted by atomic mass is 9.87. The summed E-state index contributed by atoms with van der Waals surface area (Å²) in [5.74, 6) is -5.51. The van der Waals surface area contributed by atoms with Crippen molar-refractivity contribution in [1.29, 1.82) is 0 Å². The maximum absolute atomic E-state index is 13.2. The highest BCUT2D eigenvalue weighted by molar-refractivity contribution is 5.89. The maximum atomic E-state index is 13.2. The van der Waals surface area contributed by atoms with Gasteiger partial charge in [-0.25, -0.2) is 18.4 Å². The van der Waals surface area contributed by atoms with Gasteiger partial charge in [-0.1, -0.05) is 13.8 Å². The summed E-state index contributed by atoms with van der Waals surface area (Å²) in [6, 6.07) is -2.30. The van der Waals surface area contributed by atoms with Crippen LogP contribution in [0.15, 0.2) is 0 Å². The van der Waals surface area contributed by atoms with Crippen LogP contribution in [0, 0.1) is 17.8 Å². The minimum absolute atomic E-state index is 0.00974. The molecule has 1 saturated heterocycles. The second-order valence-corrected chi connectivity index (χ2v) is 9.14. The lowest BCUT2D eigenvalue weighted by Crippen LogP contribution is -2.52. The summed E-state index contributed by atoms with van der Waals surface area (Å²) < 4.78 is 31.6. The first-order valence-corrected chi connectivity index (χ1v) is 11.1. The molecule has 0 aromatic carbocycles. The third kappa shape index (κ3) is 8.23. The number of aliphatic carboxylic acids is 1. The number of nitrogens with one attached hydrogen (secondary N) is 3. The summed E-state index contributed by atoms with van der Waals surface area (Å²) >= 11 is 0. The average molecular weight is 462 g/mol. The summed E-state index contributed by atoms with van der Waals surface area (Å²) in [5.41, 5.74) is 0. The van der Waals surface area contributed by atoms with E-state index in [1.165, 1.54) is 0 Å². The topological polar surface area (TPSA) is 134 Å². The Morgan fingerprint density at radius 2 is 1.81 bits per heavy atom. The molecular weight excluding hydrogens is 428 g/mol. The zero-order valence-corrected chi connectivity index (χ0v) is 18.5. The molecule has 0 aromatic rings. The summed E-state index contributed by atoms with van der Waals surface area (Å²) in [5, 5.41) is 17.0. The molecule has 0 spiro atoms. The zero-order chi connectivity index (χ0) is 23.9. The first kappa shape index (κ1) is 25.8. The Balaban J connectivity index is 1.89. The molecule has 3 atom stereocenters.